The van der Waals surface area contributed by atoms with Crippen LogP contribution in [0, 0.1) is 11.8 Å². The first-order valence-electron chi connectivity index (χ1n) is 4.96. The van der Waals surface area contributed by atoms with Crippen LogP contribution in [0.5, 0.6) is 0 Å². The molecule has 80 valence electrons. The van der Waals surface area contributed by atoms with E-state index in [1.807, 2.05) is 6.08 Å². The molecule has 0 N–H and O–H groups in total. The summed E-state index contributed by atoms with van der Waals surface area (Å²) in [5, 5.41) is 0. The number of halogens is 3. The maximum Gasteiger partial charge on any atom is 0.301 e. The standard InChI is InChI=1S/C11H15F3/c1-2-3-8-4-6-9(7-5-8)10(12)11(13)14/h2,8-9H,1,3-7H2/t8-,9-. The van der Waals surface area contributed by atoms with Gasteiger partial charge in [0.05, 0.1) is 0 Å². The zero-order chi connectivity index (χ0) is 10.6. The number of allylic oxidation sites excluding steroid dienone is 2. The van der Waals surface area contributed by atoms with Crippen molar-refractivity contribution in [2.45, 2.75) is 32.1 Å². The van der Waals surface area contributed by atoms with E-state index in [0.29, 0.717) is 18.8 Å². The lowest BCUT2D eigenvalue weighted by Gasteiger charge is -2.26. The maximum atomic E-state index is 12.8. The molecule has 0 saturated heterocycles. The first kappa shape index (κ1) is 11.3. The molecule has 0 nitrogen and oxygen atoms in total. The molecule has 0 bridgehead atoms. The first-order valence-corrected chi connectivity index (χ1v) is 4.96. The van der Waals surface area contributed by atoms with Gasteiger partial charge in [0, 0.05) is 5.92 Å². The second kappa shape index (κ2) is 5.23. The van der Waals surface area contributed by atoms with Crippen LogP contribution in [0.4, 0.5) is 13.2 Å². The van der Waals surface area contributed by atoms with Gasteiger partial charge in [0.25, 0.3) is 0 Å². The summed E-state index contributed by atoms with van der Waals surface area (Å²) in [5.41, 5.74) is 0. The monoisotopic (exact) mass is 204 g/mol. The Morgan fingerprint density at radius 1 is 1.14 bits per heavy atom. The van der Waals surface area contributed by atoms with E-state index in [9.17, 15) is 13.2 Å². The third-order valence-electron chi connectivity index (χ3n) is 2.89. The zero-order valence-electron chi connectivity index (χ0n) is 8.11. The van der Waals surface area contributed by atoms with Crippen molar-refractivity contribution in [1.29, 1.82) is 0 Å². The van der Waals surface area contributed by atoms with Crippen molar-refractivity contribution in [2.24, 2.45) is 11.8 Å². The Morgan fingerprint density at radius 3 is 2.14 bits per heavy atom. The van der Waals surface area contributed by atoms with Crippen molar-refractivity contribution in [3.63, 3.8) is 0 Å². The zero-order valence-corrected chi connectivity index (χ0v) is 8.11. The Balaban J connectivity index is 2.43. The number of hydrogen-bond acceptors (Lipinski definition) is 0. The van der Waals surface area contributed by atoms with Crippen molar-refractivity contribution >= 4 is 0 Å². The van der Waals surface area contributed by atoms with Gasteiger partial charge in [0.15, 0.2) is 5.83 Å². The van der Waals surface area contributed by atoms with E-state index in [0.717, 1.165) is 19.3 Å². The lowest BCUT2D eigenvalue weighted by atomic mass is 9.80. The molecule has 0 aromatic rings. The van der Waals surface area contributed by atoms with Crippen molar-refractivity contribution in [3.05, 3.63) is 24.6 Å². The highest BCUT2D eigenvalue weighted by Gasteiger charge is 2.25. The molecule has 1 rings (SSSR count). The van der Waals surface area contributed by atoms with Crippen LogP contribution in [0.25, 0.3) is 0 Å². The van der Waals surface area contributed by atoms with Crippen LogP contribution >= 0.6 is 0 Å². The molecule has 0 spiro atoms. The highest BCUT2D eigenvalue weighted by Crippen LogP contribution is 2.36. The lowest BCUT2D eigenvalue weighted by molar-refractivity contribution is 0.252. The SMILES string of the molecule is C=CC[C@H]1CC[C@H](C(F)=C(F)F)CC1. The number of rotatable bonds is 3. The minimum atomic E-state index is -2.14. The smallest absolute Gasteiger partial charge is 0.206 e. The maximum absolute atomic E-state index is 12.8. The summed E-state index contributed by atoms with van der Waals surface area (Å²) in [6.07, 6.45) is 3.36. The van der Waals surface area contributed by atoms with Crippen molar-refractivity contribution in [3.8, 4) is 0 Å². The van der Waals surface area contributed by atoms with Gasteiger partial charge in [-0.2, -0.15) is 8.78 Å². The van der Waals surface area contributed by atoms with Gasteiger partial charge in [-0.15, -0.1) is 6.58 Å². The highest BCUT2D eigenvalue weighted by atomic mass is 19.3. The predicted molar refractivity (Wildman–Crippen MR) is 50.6 cm³/mol. The van der Waals surface area contributed by atoms with E-state index in [2.05, 4.69) is 6.58 Å². The highest BCUT2D eigenvalue weighted by molar-refractivity contribution is 4.99. The Bertz CT molecular complexity index is 221. The summed E-state index contributed by atoms with van der Waals surface area (Å²) < 4.78 is 36.7. The van der Waals surface area contributed by atoms with Gasteiger partial charge in [0.2, 0.25) is 0 Å². The quantitative estimate of drug-likeness (QED) is 0.596. The summed E-state index contributed by atoms with van der Waals surface area (Å²) >= 11 is 0. The Morgan fingerprint density at radius 2 is 1.71 bits per heavy atom. The molecule has 3 heteroatoms. The molecule has 14 heavy (non-hydrogen) atoms. The lowest BCUT2D eigenvalue weighted by Crippen LogP contribution is -2.14. The van der Waals surface area contributed by atoms with Crippen LogP contribution in [0.3, 0.4) is 0 Å². The predicted octanol–water partition coefficient (Wildman–Crippen LogP) is 4.45. The normalized spacial score (nSPS) is 27.1. The molecule has 1 saturated carbocycles. The largest absolute Gasteiger partial charge is 0.301 e. The third kappa shape index (κ3) is 2.89. The molecule has 1 aliphatic rings. The molecular weight excluding hydrogens is 189 g/mol. The molecule has 0 radical (unpaired) electrons. The average Bonchev–Trinajstić information content (AvgIpc) is 2.18. The molecule has 0 heterocycles. The molecule has 0 aliphatic heterocycles. The summed E-state index contributed by atoms with van der Waals surface area (Å²) in [4.78, 5) is 0. The topological polar surface area (TPSA) is 0 Å². The van der Waals surface area contributed by atoms with Crippen molar-refractivity contribution in [2.75, 3.05) is 0 Å². The van der Waals surface area contributed by atoms with Gasteiger partial charge >= 0.3 is 6.08 Å². The van der Waals surface area contributed by atoms with E-state index in [1.165, 1.54) is 0 Å². The second-order valence-corrected chi connectivity index (χ2v) is 3.85. The number of hydrogen-bond donors (Lipinski definition) is 0. The minimum absolute atomic E-state index is 0.513. The van der Waals surface area contributed by atoms with Crippen LogP contribution in [-0.4, -0.2) is 0 Å². The Hall–Kier alpha value is -0.730. The fraction of sp³-hybridized carbons (Fsp3) is 0.636. The van der Waals surface area contributed by atoms with Crippen LogP contribution in [-0.2, 0) is 0 Å². The second-order valence-electron chi connectivity index (χ2n) is 3.85. The van der Waals surface area contributed by atoms with E-state index in [-0.39, 0.29) is 0 Å². The molecule has 0 aromatic heterocycles. The van der Waals surface area contributed by atoms with Gasteiger partial charge in [-0.05, 0) is 38.0 Å². The van der Waals surface area contributed by atoms with Crippen molar-refractivity contribution in [1.82, 2.24) is 0 Å². The van der Waals surface area contributed by atoms with Crippen LogP contribution in [0.15, 0.2) is 24.6 Å². The van der Waals surface area contributed by atoms with E-state index >= 15 is 0 Å². The van der Waals surface area contributed by atoms with Gasteiger partial charge in [-0.25, -0.2) is 4.39 Å². The van der Waals surface area contributed by atoms with E-state index < -0.39 is 17.8 Å². The first-order chi connectivity index (χ1) is 6.65. The molecule has 1 fully saturated rings. The molecule has 0 atom stereocenters. The molecule has 0 unspecified atom stereocenters. The van der Waals surface area contributed by atoms with E-state index in [1.54, 1.807) is 0 Å². The Kier molecular flexibility index (Phi) is 4.23. The van der Waals surface area contributed by atoms with Gasteiger partial charge in [-0.3, -0.25) is 0 Å². The summed E-state index contributed by atoms with van der Waals surface area (Å²) in [6, 6.07) is 0. The average molecular weight is 204 g/mol. The fourth-order valence-corrected chi connectivity index (χ4v) is 2.04. The molecule has 0 amide bonds. The summed E-state index contributed by atoms with van der Waals surface area (Å²) in [6.45, 7) is 3.63. The molecular formula is C11H15F3. The Labute approximate surface area is 82.5 Å². The van der Waals surface area contributed by atoms with Crippen molar-refractivity contribution < 1.29 is 13.2 Å². The fourth-order valence-electron chi connectivity index (χ4n) is 2.04. The van der Waals surface area contributed by atoms with E-state index in [4.69, 9.17) is 0 Å². The van der Waals surface area contributed by atoms with Crippen LogP contribution in [0.1, 0.15) is 32.1 Å². The van der Waals surface area contributed by atoms with Gasteiger partial charge < -0.3 is 0 Å². The third-order valence-corrected chi connectivity index (χ3v) is 2.89. The van der Waals surface area contributed by atoms with Crippen LogP contribution in [0.2, 0.25) is 0 Å². The van der Waals surface area contributed by atoms with Gasteiger partial charge in [-0.1, -0.05) is 6.08 Å². The summed E-state index contributed by atoms with van der Waals surface area (Å²) in [5.74, 6) is -1.22. The molecule has 0 aromatic carbocycles. The van der Waals surface area contributed by atoms with Gasteiger partial charge in [0.1, 0.15) is 0 Å². The van der Waals surface area contributed by atoms with Crippen LogP contribution < -0.4 is 0 Å². The summed E-state index contributed by atoms with van der Waals surface area (Å²) in [7, 11) is 0. The minimum Gasteiger partial charge on any atom is -0.206 e. The molecule has 1 aliphatic carbocycles.